The van der Waals surface area contributed by atoms with Gasteiger partial charge in [-0.2, -0.15) is 0 Å². The first kappa shape index (κ1) is 15.3. The molecule has 20 heavy (non-hydrogen) atoms. The minimum atomic E-state index is -0.596. The monoisotopic (exact) mass is 279 g/mol. The maximum Gasteiger partial charge on any atom is 0.255 e. The first-order valence-electron chi connectivity index (χ1n) is 5.91. The minimum absolute atomic E-state index is 0.0169. The van der Waals surface area contributed by atoms with E-state index in [2.05, 4.69) is 15.6 Å². The molecule has 0 aliphatic rings. The van der Waals surface area contributed by atoms with E-state index in [0.29, 0.717) is 12.2 Å². The van der Waals surface area contributed by atoms with Crippen LogP contribution in [0.15, 0.2) is 23.2 Å². The average Bonchev–Trinajstić information content (AvgIpc) is 2.38. The molecule has 0 saturated heterocycles. The van der Waals surface area contributed by atoms with Crippen LogP contribution < -0.4 is 22.1 Å². The fraction of sp³-hybridized carbons (Fsp3) is 0.250. The second-order valence-electron chi connectivity index (χ2n) is 3.87. The fourth-order valence-electron chi connectivity index (χ4n) is 1.44. The Bertz CT molecular complexity index is 538. The predicted molar refractivity (Wildman–Crippen MR) is 74.6 cm³/mol. The Morgan fingerprint density at radius 2 is 2.00 bits per heavy atom. The van der Waals surface area contributed by atoms with Crippen LogP contribution in [0.2, 0.25) is 0 Å². The summed E-state index contributed by atoms with van der Waals surface area (Å²) in [7, 11) is 0. The lowest BCUT2D eigenvalue weighted by Crippen LogP contribution is -2.36. The standard InChI is InChI=1S/C12H17N5O3/c1-2-15-10(19)6-16-11(20)8-5-7(17-12(13)14)3-4-9(8)18/h3-5,18H,2,6H2,1H3,(H,15,19)(H,16,20)(H4,13,14,17). The number of phenolic OH excluding ortho intramolecular Hbond substituents is 1. The SMILES string of the molecule is CCNC(=O)CNC(=O)c1cc(N=C(N)N)ccc1O. The lowest BCUT2D eigenvalue weighted by Gasteiger charge is -2.07. The summed E-state index contributed by atoms with van der Waals surface area (Å²) >= 11 is 0. The Morgan fingerprint density at radius 3 is 2.60 bits per heavy atom. The molecule has 0 aliphatic heterocycles. The van der Waals surface area contributed by atoms with Crippen LogP contribution in [0.25, 0.3) is 0 Å². The van der Waals surface area contributed by atoms with Crippen molar-refractivity contribution >= 4 is 23.5 Å². The third-order valence-electron chi connectivity index (χ3n) is 2.27. The number of nitrogens with zero attached hydrogens (tertiary/aromatic N) is 1. The van der Waals surface area contributed by atoms with Crippen LogP contribution in [0.1, 0.15) is 17.3 Å². The van der Waals surface area contributed by atoms with Gasteiger partial charge in [0.15, 0.2) is 5.96 Å². The van der Waals surface area contributed by atoms with Gasteiger partial charge in [0.2, 0.25) is 5.91 Å². The molecular formula is C12H17N5O3. The van der Waals surface area contributed by atoms with Gasteiger partial charge in [-0.1, -0.05) is 0 Å². The zero-order valence-electron chi connectivity index (χ0n) is 11.0. The molecule has 8 heteroatoms. The van der Waals surface area contributed by atoms with E-state index in [0.717, 1.165) is 0 Å². The third-order valence-corrected chi connectivity index (χ3v) is 2.27. The molecular weight excluding hydrogens is 262 g/mol. The molecule has 2 amide bonds. The summed E-state index contributed by atoms with van der Waals surface area (Å²) < 4.78 is 0. The number of rotatable bonds is 5. The van der Waals surface area contributed by atoms with Crippen molar-refractivity contribution in [3.63, 3.8) is 0 Å². The number of carbonyl (C=O) groups excluding carboxylic acids is 2. The van der Waals surface area contributed by atoms with Crippen molar-refractivity contribution in [3.8, 4) is 5.75 Å². The summed E-state index contributed by atoms with van der Waals surface area (Å²) in [6.07, 6.45) is 0. The molecule has 0 fully saturated rings. The van der Waals surface area contributed by atoms with E-state index in [1.165, 1.54) is 18.2 Å². The zero-order chi connectivity index (χ0) is 15.1. The van der Waals surface area contributed by atoms with Crippen LogP contribution >= 0.6 is 0 Å². The highest BCUT2D eigenvalue weighted by atomic mass is 16.3. The average molecular weight is 279 g/mol. The van der Waals surface area contributed by atoms with Gasteiger partial charge >= 0.3 is 0 Å². The number of aromatic hydroxyl groups is 1. The molecule has 108 valence electrons. The number of phenols is 1. The number of hydrogen-bond acceptors (Lipinski definition) is 4. The smallest absolute Gasteiger partial charge is 0.255 e. The molecule has 1 aromatic carbocycles. The molecule has 0 aliphatic carbocycles. The lowest BCUT2D eigenvalue weighted by atomic mass is 10.1. The molecule has 0 atom stereocenters. The molecule has 0 saturated carbocycles. The number of amides is 2. The van der Waals surface area contributed by atoms with Crippen molar-refractivity contribution in [3.05, 3.63) is 23.8 Å². The van der Waals surface area contributed by atoms with Gasteiger partial charge < -0.3 is 27.2 Å². The topological polar surface area (TPSA) is 143 Å². The molecule has 8 nitrogen and oxygen atoms in total. The summed E-state index contributed by atoms with van der Waals surface area (Å²) in [6, 6.07) is 4.07. The van der Waals surface area contributed by atoms with Gasteiger partial charge in [-0.05, 0) is 25.1 Å². The van der Waals surface area contributed by atoms with Crippen LogP contribution in [0, 0.1) is 0 Å². The molecule has 0 radical (unpaired) electrons. The number of likely N-dealkylation sites (N-methyl/N-ethyl adjacent to an activating group) is 1. The number of guanidine groups is 1. The molecule has 0 unspecified atom stereocenters. The van der Waals surface area contributed by atoms with Crippen molar-refractivity contribution in [2.75, 3.05) is 13.1 Å². The van der Waals surface area contributed by atoms with E-state index in [1.54, 1.807) is 6.92 Å². The first-order chi connectivity index (χ1) is 9.43. The third kappa shape index (κ3) is 4.48. The van der Waals surface area contributed by atoms with E-state index in [-0.39, 0.29) is 29.7 Å². The normalized spacial score (nSPS) is 9.65. The summed E-state index contributed by atoms with van der Waals surface area (Å²) in [4.78, 5) is 26.9. The number of carbonyl (C=O) groups is 2. The molecule has 0 heterocycles. The van der Waals surface area contributed by atoms with Crippen molar-refractivity contribution in [1.29, 1.82) is 0 Å². The lowest BCUT2D eigenvalue weighted by molar-refractivity contribution is -0.120. The van der Waals surface area contributed by atoms with Gasteiger partial charge in [0.25, 0.3) is 5.91 Å². The van der Waals surface area contributed by atoms with E-state index in [9.17, 15) is 14.7 Å². The van der Waals surface area contributed by atoms with E-state index >= 15 is 0 Å². The summed E-state index contributed by atoms with van der Waals surface area (Å²) in [5.74, 6) is -1.31. The van der Waals surface area contributed by atoms with Crippen LogP contribution in [0.4, 0.5) is 5.69 Å². The molecule has 0 aromatic heterocycles. The quantitative estimate of drug-likeness (QED) is 0.353. The largest absolute Gasteiger partial charge is 0.507 e. The van der Waals surface area contributed by atoms with Crippen LogP contribution in [0.3, 0.4) is 0 Å². The maximum absolute atomic E-state index is 11.9. The van der Waals surface area contributed by atoms with Gasteiger partial charge in [0, 0.05) is 6.54 Å². The highest BCUT2D eigenvalue weighted by Gasteiger charge is 2.13. The van der Waals surface area contributed by atoms with Crippen molar-refractivity contribution in [2.45, 2.75) is 6.92 Å². The highest BCUT2D eigenvalue weighted by molar-refractivity contribution is 5.99. The maximum atomic E-state index is 11.9. The van der Waals surface area contributed by atoms with Crippen LogP contribution in [-0.4, -0.2) is 36.0 Å². The second-order valence-corrected chi connectivity index (χ2v) is 3.87. The second kappa shape index (κ2) is 6.98. The number of aliphatic imine (C=N–C) groups is 1. The fourth-order valence-corrected chi connectivity index (χ4v) is 1.44. The Labute approximate surface area is 115 Å². The Morgan fingerprint density at radius 1 is 1.30 bits per heavy atom. The van der Waals surface area contributed by atoms with E-state index in [4.69, 9.17) is 11.5 Å². The van der Waals surface area contributed by atoms with Gasteiger partial charge in [-0.3, -0.25) is 9.59 Å². The van der Waals surface area contributed by atoms with Gasteiger partial charge in [-0.25, -0.2) is 4.99 Å². The van der Waals surface area contributed by atoms with Crippen molar-refractivity contribution < 1.29 is 14.7 Å². The first-order valence-corrected chi connectivity index (χ1v) is 5.91. The highest BCUT2D eigenvalue weighted by Crippen LogP contribution is 2.23. The number of benzene rings is 1. The Hall–Kier alpha value is -2.77. The van der Waals surface area contributed by atoms with E-state index < -0.39 is 5.91 Å². The molecule has 1 rings (SSSR count). The van der Waals surface area contributed by atoms with Crippen LogP contribution in [-0.2, 0) is 4.79 Å². The Balaban J connectivity index is 2.81. The van der Waals surface area contributed by atoms with E-state index in [1.807, 2.05) is 0 Å². The number of hydrogen-bond donors (Lipinski definition) is 5. The van der Waals surface area contributed by atoms with Crippen molar-refractivity contribution in [2.24, 2.45) is 16.5 Å². The van der Waals surface area contributed by atoms with Crippen molar-refractivity contribution in [1.82, 2.24) is 10.6 Å². The summed E-state index contributed by atoms with van der Waals surface area (Å²) in [5, 5.41) is 14.6. The molecule has 7 N–H and O–H groups in total. The molecule has 0 spiro atoms. The van der Waals surface area contributed by atoms with Crippen LogP contribution in [0.5, 0.6) is 5.75 Å². The number of nitrogens with two attached hydrogens (primary N) is 2. The van der Waals surface area contributed by atoms with Gasteiger partial charge in [0.05, 0.1) is 17.8 Å². The minimum Gasteiger partial charge on any atom is -0.507 e. The zero-order valence-corrected chi connectivity index (χ0v) is 11.0. The number of nitrogens with one attached hydrogen (secondary N) is 2. The predicted octanol–water partition coefficient (Wildman–Crippen LogP) is -0.837. The Kier molecular flexibility index (Phi) is 5.33. The molecule has 1 aromatic rings. The summed E-state index contributed by atoms with van der Waals surface area (Å²) in [5.41, 5.74) is 10.8. The summed E-state index contributed by atoms with van der Waals surface area (Å²) in [6.45, 7) is 2.06. The van der Waals surface area contributed by atoms with Gasteiger partial charge in [-0.15, -0.1) is 0 Å². The van der Waals surface area contributed by atoms with Gasteiger partial charge in [0.1, 0.15) is 5.75 Å². The molecule has 0 bridgehead atoms.